The molecule has 0 bridgehead atoms. The van der Waals surface area contributed by atoms with Crippen molar-refractivity contribution < 1.29 is 17.2 Å². The lowest BCUT2D eigenvalue weighted by Gasteiger charge is -2.06. The van der Waals surface area contributed by atoms with Crippen LogP contribution in [0.25, 0.3) is 0 Å². The van der Waals surface area contributed by atoms with E-state index >= 15 is 0 Å². The third-order valence-corrected chi connectivity index (χ3v) is 5.04. The molecule has 1 aromatic heterocycles. The van der Waals surface area contributed by atoms with Gasteiger partial charge in [0.15, 0.2) is 5.03 Å². The average Bonchev–Trinajstić information content (AvgIpc) is 2.06. The normalized spacial score (nSPS) is 12.1. The zero-order chi connectivity index (χ0) is 11.8. The lowest BCUT2D eigenvalue weighted by molar-refractivity contribution is 0.150. The molecule has 0 aromatic carbocycles. The van der Waals surface area contributed by atoms with Crippen molar-refractivity contribution >= 4 is 58.3 Å². The summed E-state index contributed by atoms with van der Waals surface area (Å²) in [5, 5.41) is -0.591. The van der Waals surface area contributed by atoms with E-state index < -0.39 is 26.1 Å². The van der Waals surface area contributed by atoms with E-state index in [2.05, 4.69) is 20.9 Å². The Hall–Kier alpha value is 0.460. The summed E-state index contributed by atoms with van der Waals surface area (Å²) in [6.07, 6.45) is -2.78. The van der Waals surface area contributed by atoms with Crippen LogP contribution in [0, 0.1) is 3.57 Å². The highest BCUT2D eigenvalue weighted by molar-refractivity contribution is 14.1. The molecule has 9 heteroatoms. The van der Waals surface area contributed by atoms with Crippen molar-refractivity contribution in [1.82, 2.24) is 4.98 Å². The van der Waals surface area contributed by atoms with E-state index in [1.807, 2.05) is 0 Å². The Morgan fingerprint density at radius 1 is 1.53 bits per heavy atom. The smallest absolute Gasteiger partial charge is 0.227 e. The van der Waals surface area contributed by atoms with Crippen molar-refractivity contribution in [3.05, 3.63) is 19.8 Å². The molecule has 0 saturated carbocycles. The van der Waals surface area contributed by atoms with Crippen LogP contribution in [0.1, 0.15) is 12.0 Å². The largest absolute Gasteiger partial charge is 0.278 e. The second-order valence-electron chi connectivity index (χ2n) is 2.39. The number of hydrogen-bond donors (Lipinski definition) is 0. The molecule has 0 fully saturated rings. The van der Waals surface area contributed by atoms with Gasteiger partial charge in [0.05, 0.1) is 3.57 Å². The highest BCUT2D eigenvalue weighted by Crippen LogP contribution is 2.31. The first-order chi connectivity index (χ1) is 6.73. The second-order valence-corrected chi connectivity index (χ2v) is 6.74. The molecule has 0 aliphatic heterocycles. The summed E-state index contributed by atoms with van der Waals surface area (Å²) >= 11 is 4.52. The molecular formula is C6H2BrClF2INO2S. The van der Waals surface area contributed by atoms with Gasteiger partial charge in [-0.25, -0.2) is 22.2 Å². The maximum Gasteiger partial charge on any atom is 0.278 e. The molecule has 0 unspecified atom stereocenters. The Bertz CT molecular complexity index is 496. The van der Waals surface area contributed by atoms with E-state index in [0.29, 0.717) is 0 Å². The van der Waals surface area contributed by atoms with Gasteiger partial charge in [-0.15, -0.1) is 0 Å². The molecule has 1 aromatic rings. The maximum atomic E-state index is 12.5. The van der Waals surface area contributed by atoms with Crippen molar-refractivity contribution in [1.29, 1.82) is 0 Å². The topological polar surface area (TPSA) is 47.0 Å². The van der Waals surface area contributed by atoms with Crippen molar-refractivity contribution in [2.24, 2.45) is 0 Å². The lowest BCUT2D eigenvalue weighted by atomic mass is 10.3. The number of halogens is 5. The fraction of sp³-hybridized carbons (Fsp3) is 0.167. The monoisotopic (exact) mass is 431 g/mol. The Morgan fingerprint density at radius 3 is 2.47 bits per heavy atom. The minimum absolute atomic E-state index is 0.0279. The molecule has 84 valence electrons. The van der Waals surface area contributed by atoms with Crippen LogP contribution in [0.5, 0.6) is 0 Å². The molecule has 0 spiro atoms. The molecule has 3 nitrogen and oxygen atoms in total. The first kappa shape index (κ1) is 13.5. The first-order valence-electron chi connectivity index (χ1n) is 3.32. The van der Waals surface area contributed by atoms with E-state index in [9.17, 15) is 17.2 Å². The van der Waals surface area contributed by atoms with E-state index in [1.165, 1.54) is 0 Å². The van der Waals surface area contributed by atoms with E-state index in [0.717, 1.165) is 6.07 Å². The summed E-state index contributed by atoms with van der Waals surface area (Å²) < 4.78 is 47.0. The third-order valence-electron chi connectivity index (χ3n) is 1.41. The zero-order valence-corrected chi connectivity index (χ0v) is 12.0. The van der Waals surface area contributed by atoms with Gasteiger partial charge in [0, 0.05) is 16.2 Å². The quantitative estimate of drug-likeness (QED) is 0.409. The lowest BCUT2D eigenvalue weighted by Crippen LogP contribution is -2.01. The van der Waals surface area contributed by atoms with Crippen LogP contribution < -0.4 is 0 Å². The van der Waals surface area contributed by atoms with Crippen LogP contribution in [0.2, 0.25) is 0 Å². The van der Waals surface area contributed by atoms with Gasteiger partial charge < -0.3 is 0 Å². The second kappa shape index (κ2) is 4.76. The summed E-state index contributed by atoms with van der Waals surface area (Å²) in [4.78, 5) is 3.54. The fourth-order valence-corrected chi connectivity index (χ4v) is 2.53. The SMILES string of the molecule is O=S(=O)(Cl)c1cc(C(F)F)c(I)c(Br)n1. The average molecular weight is 432 g/mol. The molecule has 0 aliphatic rings. The van der Waals surface area contributed by atoms with Crippen LogP contribution in [-0.4, -0.2) is 13.4 Å². The van der Waals surface area contributed by atoms with Crippen LogP contribution >= 0.6 is 49.2 Å². The number of rotatable bonds is 2. The number of aromatic nitrogens is 1. The Morgan fingerprint density at radius 2 is 2.07 bits per heavy atom. The van der Waals surface area contributed by atoms with Gasteiger partial charge in [0.1, 0.15) is 4.60 Å². The van der Waals surface area contributed by atoms with Crippen LogP contribution in [0.4, 0.5) is 8.78 Å². The van der Waals surface area contributed by atoms with Gasteiger partial charge in [-0.1, -0.05) is 0 Å². The molecule has 0 aliphatic carbocycles. The first-order valence-corrected chi connectivity index (χ1v) is 7.50. The Balaban J connectivity index is 3.50. The van der Waals surface area contributed by atoms with Gasteiger partial charge in [-0.3, -0.25) is 0 Å². The molecule has 0 N–H and O–H groups in total. The molecule has 0 atom stereocenters. The van der Waals surface area contributed by atoms with Crippen molar-refractivity contribution in [3.8, 4) is 0 Å². The third kappa shape index (κ3) is 3.21. The van der Waals surface area contributed by atoms with Gasteiger partial charge in [0.25, 0.3) is 15.5 Å². The standard InChI is InChI=1S/C6H2BrClF2INO2S/c7-5-4(11)2(6(9)10)1-3(12-5)15(8,13)14/h1,6H. The van der Waals surface area contributed by atoms with Gasteiger partial charge in [0.2, 0.25) is 0 Å². The van der Waals surface area contributed by atoms with Gasteiger partial charge >= 0.3 is 0 Å². The number of hydrogen-bond acceptors (Lipinski definition) is 3. The Kier molecular flexibility index (Phi) is 4.29. The molecule has 1 heterocycles. The van der Waals surface area contributed by atoms with Crippen molar-refractivity contribution in [3.63, 3.8) is 0 Å². The summed E-state index contributed by atoms with van der Waals surface area (Å²) in [5.74, 6) is 0. The highest BCUT2D eigenvalue weighted by Gasteiger charge is 2.21. The molecule has 0 amide bonds. The van der Waals surface area contributed by atoms with Gasteiger partial charge in [-0.2, -0.15) is 0 Å². The van der Waals surface area contributed by atoms with Crippen LogP contribution in [0.15, 0.2) is 15.7 Å². The Labute approximate surface area is 111 Å². The van der Waals surface area contributed by atoms with E-state index in [4.69, 9.17) is 10.7 Å². The summed E-state index contributed by atoms with van der Waals surface area (Å²) in [7, 11) is 0.897. The maximum absolute atomic E-state index is 12.5. The zero-order valence-electron chi connectivity index (χ0n) is 6.72. The van der Waals surface area contributed by atoms with E-state index in [-0.39, 0.29) is 8.17 Å². The van der Waals surface area contributed by atoms with E-state index in [1.54, 1.807) is 22.6 Å². The number of nitrogens with zero attached hydrogens (tertiary/aromatic N) is 1. The van der Waals surface area contributed by atoms with Crippen molar-refractivity contribution in [2.45, 2.75) is 11.5 Å². The van der Waals surface area contributed by atoms with Crippen LogP contribution in [0.3, 0.4) is 0 Å². The minimum atomic E-state index is -4.10. The number of pyridine rings is 1. The predicted octanol–water partition coefficient (Wildman–Crippen LogP) is 3.31. The van der Waals surface area contributed by atoms with Gasteiger partial charge in [-0.05, 0) is 44.6 Å². The minimum Gasteiger partial charge on any atom is -0.227 e. The van der Waals surface area contributed by atoms with Crippen LogP contribution in [-0.2, 0) is 9.05 Å². The summed E-state index contributed by atoms with van der Waals surface area (Å²) in [5.41, 5.74) is -0.420. The molecular weight excluding hydrogens is 430 g/mol. The number of alkyl halides is 2. The molecule has 0 saturated heterocycles. The fourth-order valence-electron chi connectivity index (χ4n) is 0.777. The predicted molar refractivity (Wildman–Crippen MR) is 62.6 cm³/mol. The molecule has 0 radical (unpaired) electrons. The summed E-state index contributed by atoms with van der Waals surface area (Å²) in [6.45, 7) is 0. The van der Waals surface area contributed by atoms with Crippen molar-refractivity contribution in [2.75, 3.05) is 0 Å². The summed E-state index contributed by atoms with van der Waals surface area (Å²) in [6, 6.07) is 0.763. The highest BCUT2D eigenvalue weighted by atomic mass is 127. The molecule has 15 heavy (non-hydrogen) atoms. The molecule has 1 rings (SSSR count).